The fourth-order valence-electron chi connectivity index (χ4n) is 2.77. The highest BCUT2D eigenvalue weighted by molar-refractivity contribution is 7.12. The Morgan fingerprint density at radius 2 is 2.00 bits per heavy atom. The lowest BCUT2D eigenvalue weighted by molar-refractivity contribution is -0.130. The first-order valence-electron chi connectivity index (χ1n) is 7.88. The summed E-state index contributed by atoms with van der Waals surface area (Å²) in [7, 11) is 0. The number of hydrogen-bond acceptors (Lipinski definition) is 4. The molecule has 23 heavy (non-hydrogen) atoms. The Kier molecular flexibility index (Phi) is 4.94. The molecule has 126 valence electrons. The predicted octanol–water partition coefficient (Wildman–Crippen LogP) is 3.29. The summed E-state index contributed by atoms with van der Waals surface area (Å²) in [6.07, 6.45) is 1.42. The maximum Gasteiger partial charge on any atom is 0.325 e. The van der Waals surface area contributed by atoms with Crippen LogP contribution in [0.1, 0.15) is 53.7 Å². The molecule has 0 bridgehead atoms. The molecule has 1 saturated heterocycles. The molecule has 0 aromatic carbocycles. The van der Waals surface area contributed by atoms with Gasteiger partial charge in [-0.3, -0.25) is 14.5 Å². The molecule has 1 aliphatic rings. The lowest BCUT2D eigenvalue weighted by Gasteiger charge is -2.22. The van der Waals surface area contributed by atoms with Gasteiger partial charge in [-0.15, -0.1) is 11.3 Å². The normalized spacial score (nSPS) is 21.2. The van der Waals surface area contributed by atoms with Crippen LogP contribution >= 0.6 is 11.3 Å². The van der Waals surface area contributed by atoms with Crippen molar-refractivity contribution in [1.29, 1.82) is 0 Å². The third kappa shape index (κ3) is 3.63. The zero-order valence-corrected chi connectivity index (χ0v) is 15.2. The quantitative estimate of drug-likeness (QED) is 0.640. The minimum Gasteiger partial charge on any atom is -0.323 e. The zero-order valence-electron chi connectivity index (χ0n) is 14.4. The number of rotatable bonds is 6. The molecule has 1 atom stereocenters. The molecule has 2 rings (SSSR count). The highest BCUT2D eigenvalue weighted by Gasteiger charge is 2.47. The molecule has 1 aromatic rings. The molecule has 0 saturated carbocycles. The van der Waals surface area contributed by atoms with Crippen molar-refractivity contribution >= 4 is 29.1 Å². The van der Waals surface area contributed by atoms with Gasteiger partial charge in [0.25, 0.3) is 5.91 Å². The number of imide groups is 1. The zero-order chi connectivity index (χ0) is 17.4. The second-order valence-corrected chi connectivity index (χ2v) is 8.30. The molecule has 6 heteroatoms. The Balaban J connectivity index is 2.11. The van der Waals surface area contributed by atoms with Crippen molar-refractivity contribution in [3.05, 3.63) is 21.4 Å². The summed E-state index contributed by atoms with van der Waals surface area (Å²) in [5, 5.41) is 2.75. The Labute approximate surface area is 141 Å². The monoisotopic (exact) mass is 336 g/mol. The molecule has 1 fully saturated rings. The number of urea groups is 1. The van der Waals surface area contributed by atoms with E-state index in [-0.39, 0.29) is 18.2 Å². The number of hydrogen-bond donors (Lipinski definition) is 1. The summed E-state index contributed by atoms with van der Waals surface area (Å²) < 4.78 is 0. The molecule has 1 aromatic heterocycles. The van der Waals surface area contributed by atoms with Gasteiger partial charge in [0.05, 0.1) is 6.54 Å². The van der Waals surface area contributed by atoms with Crippen LogP contribution in [0.4, 0.5) is 4.79 Å². The number of Topliss-reactive ketones (excluding diaryl/α,β-unsaturated/α-hetero) is 1. The fraction of sp³-hybridized carbons (Fsp3) is 0.588. The van der Waals surface area contributed by atoms with Gasteiger partial charge in [-0.25, -0.2) is 4.79 Å². The van der Waals surface area contributed by atoms with Crippen LogP contribution in [0.3, 0.4) is 0 Å². The van der Waals surface area contributed by atoms with Gasteiger partial charge >= 0.3 is 6.03 Å². The summed E-state index contributed by atoms with van der Waals surface area (Å²) in [5.41, 5.74) is -0.301. The number of carbonyl (C=O) groups excluding carboxylic acids is 3. The molecular weight excluding hydrogens is 312 g/mol. The van der Waals surface area contributed by atoms with Crippen molar-refractivity contribution in [3.8, 4) is 0 Å². The summed E-state index contributed by atoms with van der Waals surface area (Å²) in [6, 6.07) is 1.35. The highest BCUT2D eigenvalue weighted by Crippen LogP contribution is 2.26. The Bertz CT molecular complexity index is 650. The van der Waals surface area contributed by atoms with E-state index in [0.717, 1.165) is 21.1 Å². The molecular formula is C17H24N2O3S. The predicted molar refractivity (Wildman–Crippen MR) is 90.8 cm³/mol. The van der Waals surface area contributed by atoms with E-state index >= 15 is 0 Å². The summed E-state index contributed by atoms with van der Waals surface area (Å²) in [4.78, 5) is 40.2. The van der Waals surface area contributed by atoms with Crippen molar-refractivity contribution in [2.24, 2.45) is 5.92 Å². The molecule has 0 spiro atoms. The average molecular weight is 336 g/mol. The van der Waals surface area contributed by atoms with Crippen molar-refractivity contribution in [2.45, 2.75) is 53.0 Å². The van der Waals surface area contributed by atoms with E-state index in [2.05, 4.69) is 19.2 Å². The van der Waals surface area contributed by atoms with Crippen LogP contribution < -0.4 is 5.32 Å². The van der Waals surface area contributed by atoms with Gasteiger partial charge in [-0.2, -0.15) is 0 Å². The SMILES string of the molecule is Cc1cc(C(=O)CN2C(=O)N[C@@](C)(CCC(C)C)C2=O)c(C)s1. The Morgan fingerprint density at radius 1 is 1.35 bits per heavy atom. The first kappa shape index (κ1) is 17.7. The van der Waals surface area contributed by atoms with E-state index in [9.17, 15) is 14.4 Å². The number of aryl methyl sites for hydroxylation is 2. The molecule has 2 heterocycles. The van der Waals surface area contributed by atoms with Gasteiger partial charge in [0.2, 0.25) is 0 Å². The number of ketones is 1. The van der Waals surface area contributed by atoms with Crippen LogP contribution in [0.2, 0.25) is 0 Å². The van der Waals surface area contributed by atoms with Crippen molar-refractivity contribution in [1.82, 2.24) is 10.2 Å². The molecule has 0 radical (unpaired) electrons. The van der Waals surface area contributed by atoms with Crippen LogP contribution in [-0.4, -0.2) is 34.7 Å². The second-order valence-electron chi connectivity index (χ2n) is 6.84. The highest BCUT2D eigenvalue weighted by atomic mass is 32.1. The van der Waals surface area contributed by atoms with E-state index < -0.39 is 11.6 Å². The van der Waals surface area contributed by atoms with Gasteiger partial charge in [0.15, 0.2) is 5.78 Å². The third-order valence-corrected chi connectivity index (χ3v) is 5.18. The number of thiophene rings is 1. The average Bonchev–Trinajstić information content (AvgIpc) is 2.89. The largest absolute Gasteiger partial charge is 0.325 e. The summed E-state index contributed by atoms with van der Waals surface area (Å²) in [6.45, 7) is 9.51. The van der Waals surface area contributed by atoms with Gasteiger partial charge < -0.3 is 5.32 Å². The number of nitrogens with one attached hydrogen (secondary N) is 1. The van der Waals surface area contributed by atoms with E-state index in [1.807, 2.05) is 19.9 Å². The van der Waals surface area contributed by atoms with Crippen LogP contribution in [0, 0.1) is 19.8 Å². The van der Waals surface area contributed by atoms with Crippen molar-refractivity contribution < 1.29 is 14.4 Å². The van der Waals surface area contributed by atoms with E-state index in [4.69, 9.17) is 0 Å². The number of amides is 3. The molecule has 0 aliphatic carbocycles. The van der Waals surface area contributed by atoms with Crippen LogP contribution in [-0.2, 0) is 4.79 Å². The van der Waals surface area contributed by atoms with Gasteiger partial charge in [-0.05, 0) is 45.6 Å². The van der Waals surface area contributed by atoms with Gasteiger partial charge in [-0.1, -0.05) is 13.8 Å². The molecule has 1 N–H and O–H groups in total. The maximum atomic E-state index is 12.6. The van der Waals surface area contributed by atoms with Crippen LogP contribution in [0.15, 0.2) is 6.07 Å². The van der Waals surface area contributed by atoms with E-state index in [1.54, 1.807) is 18.3 Å². The van der Waals surface area contributed by atoms with Crippen LogP contribution in [0.25, 0.3) is 0 Å². The van der Waals surface area contributed by atoms with E-state index in [1.165, 1.54) is 0 Å². The first-order chi connectivity index (χ1) is 10.6. The van der Waals surface area contributed by atoms with Crippen LogP contribution in [0.5, 0.6) is 0 Å². The first-order valence-corrected chi connectivity index (χ1v) is 8.70. The Hall–Kier alpha value is -1.69. The third-order valence-electron chi connectivity index (χ3n) is 4.21. The second kappa shape index (κ2) is 6.43. The van der Waals surface area contributed by atoms with Gasteiger partial charge in [0.1, 0.15) is 5.54 Å². The minimum absolute atomic E-state index is 0.191. The van der Waals surface area contributed by atoms with E-state index in [0.29, 0.717) is 17.9 Å². The summed E-state index contributed by atoms with van der Waals surface area (Å²) in [5.74, 6) is -0.0480. The Morgan fingerprint density at radius 3 is 2.52 bits per heavy atom. The lowest BCUT2D eigenvalue weighted by atomic mass is 9.92. The lowest BCUT2D eigenvalue weighted by Crippen LogP contribution is -2.44. The van der Waals surface area contributed by atoms with Crippen molar-refractivity contribution in [3.63, 3.8) is 0 Å². The molecule has 5 nitrogen and oxygen atoms in total. The smallest absolute Gasteiger partial charge is 0.323 e. The number of carbonyl (C=O) groups is 3. The molecule has 3 amide bonds. The fourth-order valence-corrected chi connectivity index (χ4v) is 3.72. The molecule has 0 unspecified atom stereocenters. The topological polar surface area (TPSA) is 66.5 Å². The molecule has 1 aliphatic heterocycles. The van der Waals surface area contributed by atoms with Crippen molar-refractivity contribution in [2.75, 3.05) is 6.54 Å². The standard InChI is InChI=1S/C17H24N2O3S/c1-10(2)6-7-17(5)15(21)19(16(22)18-17)9-14(20)13-8-11(3)23-12(13)4/h8,10H,6-7,9H2,1-5H3,(H,18,22)/t17-/m0/s1. The summed E-state index contributed by atoms with van der Waals surface area (Å²) >= 11 is 1.54. The minimum atomic E-state index is -0.902. The maximum absolute atomic E-state index is 12.6. The number of nitrogens with zero attached hydrogens (tertiary/aromatic N) is 1. The van der Waals surface area contributed by atoms with Gasteiger partial charge in [0, 0.05) is 15.3 Å².